The molecule has 0 spiro atoms. The molecule has 0 aliphatic heterocycles. The summed E-state index contributed by atoms with van der Waals surface area (Å²) in [5.41, 5.74) is 1.98. The normalized spacial score (nSPS) is 12.2. The fourth-order valence-corrected chi connectivity index (χ4v) is 2.54. The number of nitrogens with one attached hydrogen (secondary N) is 1. The van der Waals surface area contributed by atoms with Crippen LogP contribution in [0.4, 0.5) is 0 Å². The number of aromatic nitrogens is 2. The number of fused-ring (bicyclic) bond motifs is 1. The first-order valence-electron chi connectivity index (χ1n) is 4.45. The lowest BCUT2D eigenvalue weighted by Crippen LogP contribution is -2.12. The largest absolute Gasteiger partial charge is 0.312 e. The summed E-state index contributed by atoms with van der Waals surface area (Å²) in [4.78, 5) is 18.2. The van der Waals surface area contributed by atoms with E-state index in [0.717, 1.165) is 15.8 Å². The van der Waals surface area contributed by atoms with Crippen LogP contribution in [0, 0.1) is 0 Å². The van der Waals surface area contributed by atoms with Crippen molar-refractivity contribution in [1.82, 2.24) is 9.97 Å². The number of hydrogen-bond donors (Lipinski definition) is 1. The van der Waals surface area contributed by atoms with Crippen LogP contribution in [-0.4, -0.2) is 9.97 Å². The highest BCUT2D eigenvalue weighted by Crippen LogP contribution is 2.31. The second-order valence-electron chi connectivity index (χ2n) is 4.31. The second kappa shape index (κ2) is 2.92. The molecule has 0 aromatic carbocycles. The summed E-state index contributed by atoms with van der Waals surface area (Å²) in [6.07, 6.45) is 1.46. The quantitative estimate of drug-likeness (QED) is 0.722. The van der Waals surface area contributed by atoms with E-state index in [0.29, 0.717) is 0 Å². The molecule has 0 bridgehead atoms. The summed E-state index contributed by atoms with van der Waals surface area (Å²) in [5.74, 6) is 0. The monoisotopic (exact) mass is 208 g/mol. The summed E-state index contributed by atoms with van der Waals surface area (Å²) in [7, 11) is 0. The van der Waals surface area contributed by atoms with Gasteiger partial charge in [0.25, 0.3) is 5.56 Å². The fraction of sp³-hybridized carbons (Fsp3) is 0.400. The van der Waals surface area contributed by atoms with Crippen LogP contribution in [0.25, 0.3) is 10.2 Å². The number of nitrogens with zero attached hydrogens (tertiary/aromatic N) is 1. The van der Waals surface area contributed by atoms with E-state index < -0.39 is 0 Å². The molecule has 0 atom stereocenters. The van der Waals surface area contributed by atoms with E-state index in [4.69, 9.17) is 0 Å². The number of rotatable bonds is 0. The average Bonchev–Trinajstić information content (AvgIpc) is 2.47. The van der Waals surface area contributed by atoms with E-state index >= 15 is 0 Å². The Balaban J connectivity index is 2.83. The van der Waals surface area contributed by atoms with Crippen molar-refractivity contribution in [3.05, 3.63) is 27.6 Å². The van der Waals surface area contributed by atoms with Crippen molar-refractivity contribution in [3.8, 4) is 0 Å². The lowest BCUT2D eigenvalue weighted by Gasteiger charge is -2.16. The molecule has 0 radical (unpaired) electrons. The van der Waals surface area contributed by atoms with E-state index in [2.05, 4.69) is 30.7 Å². The lowest BCUT2D eigenvalue weighted by atomic mass is 9.88. The lowest BCUT2D eigenvalue weighted by molar-refractivity contribution is 0.596. The van der Waals surface area contributed by atoms with Gasteiger partial charge in [-0.2, -0.15) is 0 Å². The van der Waals surface area contributed by atoms with E-state index in [1.807, 2.05) is 5.38 Å². The molecule has 0 unspecified atom stereocenters. The number of aromatic amines is 1. The second-order valence-corrected chi connectivity index (χ2v) is 5.19. The van der Waals surface area contributed by atoms with Crippen molar-refractivity contribution in [2.75, 3.05) is 0 Å². The summed E-state index contributed by atoms with van der Waals surface area (Å²) < 4.78 is 0.720. The van der Waals surface area contributed by atoms with Crippen molar-refractivity contribution in [3.63, 3.8) is 0 Å². The minimum absolute atomic E-state index is 0.0407. The maximum atomic E-state index is 11.4. The Morgan fingerprint density at radius 2 is 2.14 bits per heavy atom. The fourth-order valence-electron chi connectivity index (χ4n) is 1.39. The Kier molecular flexibility index (Phi) is 1.96. The van der Waals surface area contributed by atoms with E-state index in [-0.39, 0.29) is 11.0 Å². The highest BCUT2D eigenvalue weighted by Gasteiger charge is 2.19. The summed E-state index contributed by atoms with van der Waals surface area (Å²) in [5, 5.41) is 2.02. The Bertz CT molecular complexity index is 519. The van der Waals surface area contributed by atoms with Crippen LogP contribution in [0.15, 0.2) is 16.5 Å². The van der Waals surface area contributed by atoms with Gasteiger partial charge in [0.2, 0.25) is 0 Å². The zero-order chi connectivity index (χ0) is 10.3. The average molecular weight is 208 g/mol. The SMILES string of the molecule is CC(C)(C)c1csc2c(=O)[nH]cnc12. The first kappa shape index (κ1) is 9.40. The van der Waals surface area contributed by atoms with Gasteiger partial charge < -0.3 is 4.98 Å². The smallest absolute Gasteiger partial charge is 0.268 e. The van der Waals surface area contributed by atoms with E-state index in [1.165, 1.54) is 17.7 Å². The zero-order valence-corrected chi connectivity index (χ0v) is 9.23. The minimum Gasteiger partial charge on any atom is -0.312 e. The Hall–Kier alpha value is -1.16. The summed E-state index contributed by atoms with van der Waals surface area (Å²) in [6.45, 7) is 6.37. The Morgan fingerprint density at radius 3 is 2.79 bits per heavy atom. The third kappa shape index (κ3) is 1.35. The highest BCUT2D eigenvalue weighted by atomic mass is 32.1. The molecule has 0 fully saturated rings. The molecule has 2 rings (SSSR count). The molecule has 0 saturated carbocycles. The Labute approximate surface area is 85.8 Å². The molecule has 0 saturated heterocycles. The van der Waals surface area contributed by atoms with Crippen molar-refractivity contribution < 1.29 is 0 Å². The van der Waals surface area contributed by atoms with Gasteiger partial charge in [0.05, 0.1) is 11.8 Å². The number of H-pyrrole nitrogens is 1. The van der Waals surface area contributed by atoms with Gasteiger partial charge in [0.1, 0.15) is 4.70 Å². The van der Waals surface area contributed by atoms with Gasteiger partial charge in [-0.3, -0.25) is 4.79 Å². The molecular formula is C10H12N2OS. The number of thiophene rings is 1. The summed E-state index contributed by atoms with van der Waals surface area (Å²) >= 11 is 1.46. The van der Waals surface area contributed by atoms with Gasteiger partial charge in [0, 0.05) is 0 Å². The molecular weight excluding hydrogens is 196 g/mol. The molecule has 14 heavy (non-hydrogen) atoms. The molecule has 3 nitrogen and oxygen atoms in total. The van der Waals surface area contributed by atoms with Gasteiger partial charge in [-0.25, -0.2) is 4.98 Å². The van der Waals surface area contributed by atoms with Gasteiger partial charge >= 0.3 is 0 Å². The first-order valence-corrected chi connectivity index (χ1v) is 5.33. The predicted octanol–water partition coefficient (Wildman–Crippen LogP) is 2.28. The maximum absolute atomic E-state index is 11.4. The van der Waals surface area contributed by atoms with Crippen molar-refractivity contribution in [2.24, 2.45) is 0 Å². The number of hydrogen-bond acceptors (Lipinski definition) is 3. The molecule has 2 heterocycles. The van der Waals surface area contributed by atoms with Crippen LogP contribution in [0.2, 0.25) is 0 Å². The minimum atomic E-state index is -0.0458. The maximum Gasteiger partial charge on any atom is 0.268 e. The van der Waals surface area contributed by atoms with E-state index in [9.17, 15) is 4.79 Å². The predicted molar refractivity (Wildman–Crippen MR) is 58.9 cm³/mol. The van der Waals surface area contributed by atoms with Crippen LogP contribution >= 0.6 is 11.3 Å². The van der Waals surface area contributed by atoms with Crippen molar-refractivity contribution >= 4 is 21.6 Å². The van der Waals surface area contributed by atoms with Crippen molar-refractivity contribution in [1.29, 1.82) is 0 Å². The highest BCUT2D eigenvalue weighted by molar-refractivity contribution is 7.17. The van der Waals surface area contributed by atoms with Gasteiger partial charge in [0.15, 0.2) is 0 Å². The van der Waals surface area contributed by atoms with Crippen LogP contribution in [0.1, 0.15) is 26.3 Å². The molecule has 1 N–H and O–H groups in total. The van der Waals surface area contributed by atoms with Crippen LogP contribution in [-0.2, 0) is 5.41 Å². The Morgan fingerprint density at radius 1 is 1.43 bits per heavy atom. The topological polar surface area (TPSA) is 45.8 Å². The van der Waals surface area contributed by atoms with Crippen molar-refractivity contribution in [2.45, 2.75) is 26.2 Å². The van der Waals surface area contributed by atoms with Crippen LogP contribution < -0.4 is 5.56 Å². The molecule has 2 aromatic heterocycles. The first-order chi connectivity index (χ1) is 6.50. The zero-order valence-electron chi connectivity index (χ0n) is 8.42. The van der Waals surface area contributed by atoms with Crippen LogP contribution in [0.3, 0.4) is 0 Å². The molecule has 74 valence electrons. The molecule has 0 aliphatic rings. The third-order valence-electron chi connectivity index (χ3n) is 2.17. The third-order valence-corrected chi connectivity index (χ3v) is 3.14. The van der Waals surface area contributed by atoms with Crippen LogP contribution in [0.5, 0.6) is 0 Å². The standard InChI is InChI=1S/C10H12N2OS/c1-10(2,3)6-4-14-8-7(6)11-5-12-9(8)13/h4-5H,1-3H3,(H,11,12,13). The molecule has 0 aliphatic carbocycles. The van der Waals surface area contributed by atoms with E-state index in [1.54, 1.807) is 0 Å². The van der Waals surface area contributed by atoms with Gasteiger partial charge in [-0.05, 0) is 16.4 Å². The summed E-state index contributed by atoms with van der Waals surface area (Å²) in [6, 6.07) is 0. The molecule has 0 amide bonds. The van der Waals surface area contributed by atoms with Gasteiger partial charge in [-0.15, -0.1) is 11.3 Å². The van der Waals surface area contributed by atoms with Gasteiger partial charge in [-0.1, -0.05) is 20.8 Å². The molecule has 4 heteroatoms. The molecule has 2 aromatic rings.